The Hall–Kier alpha value is -2.04. The van der Waals surface area contributed by atoms with Gasteiger partial charge in [-0.3, -0.25) is 4.79 Å². The van der Waals surface area contributed by atoms with E-state index in [4.69, 9.17) is 11.6 Å². The molecular formula is C26H35ClFN3O4S. The highest BCUT2D eigenvalue weighted by atomic mass is 35.5. The second-order valence-corrected chi connectivity index (χ2v) is 13.0. The van der Waals surface area contributed by atoms with Gasteiger partial charge in [-0.15, -0.1) is 0 Å². The van der Waals surface area contributed by atoms with Gasteiger partial charge in [0.25, 0.3) is 0 Å². The van der Waals surface area contributed by atoms with Crippen molar-refractivity contribution in [1.29, 1.82) is 0 Å². The van der Waals surface area contributed by atoms with Crippen LogP contribution in [0.4, 0.5) is 10.1 Å². The predicted molar refractivity (Wildman–Crippen MR) is 142 cm³/mol. The number of aliphatic hydroxyl groups is 1. The first-order chi connectivity index (χ1) is 16.8. The lowest BCUT2D eigenvalue weighted by molar-refractivity contribution is -0.115. The minimum atomic E-state index is -3.43. The van der Waals surface area contributed by atoms with Crippen molar-refractivity contribution in [2.24, 2.45) is 5.92 Å². The van der Waals surface area contributed by atoms with Crippen LogP contribution in [0, 0.1) is 11.7 Å². The number of amides is 1. The summed E-state index contributed by atoms with van der Waals surface area (Å²) in [5.74, 6) is -2.17. The number of aliphatic hydroxyl groups excluding tert-OH is 1. The molecule has 10 heteroatoms. The Morgan fingerprint density at radius 3 is 2.53 bits per heavy atom. The van der Waals surface area contributed by atoms with Gasteiger partial charge in [-0.25, -0.2) is 12.8 Å². The largest absolute Gasteiger partial charge is 0.391 e. The minimum absolute atomic E-state index is 0.00145. The van der Waals surface area contributed by atoms with Gasteiger partial charge in [-0.2, -0.15) is 0 Å². The van der Waals surface area contributed by atoms with Crippen LogP contribution in [-0.2, 0) is 33.0 Å². The molecule has 0 aliphatic carbocycles. The van der Waals surface area contributed by atoms with Crippen molar-refractivity contribution in [2.75, 3.05) is 30.4 Å². The standard InChI is InChI=1S/C26H35ClFN3O4S/c1-26(2,3)19-7-5-6-16(9-19)12-30-22-15-36(34,35)14-18(25(22)33)8-17-10-20(27)24(21(28)11-17)31-23(32)13-29-4/h5-7,9-11,18,22,25,29-30,33H,8,12-15H2,1-4H3,(H,31,32)/t18-,22+,25+/m1/s1. The van der Waals surface area contributed by atoms with Crippen LogP contribution in [0.3, 0.4) is 0 Å². The summed E-state index contributed by atoms with van der Waals surface area (Å²) >= 11 is 6.21. The first-order valence-electron chi connectivity index (χ1n) is 11.9. The van der Waals surface area contributed by atoms with Crippen LogP contribution < -0.4 is 16.0 Å². The van der Waals surface area contributed by atoms with Gasteiger partial charge in [-0.1, -0.05) is 56.6 Å². The summed E-state index contributed by atoms with van der Waals surface area (Å²) in [6, 6.07) is 10.1. The van der Waals surface area contributed by atoms with E-state index in [1.54, 1.807) is 7.05 Å². The summed E-state index contributed by atoms with van der Waals surface area (Å²) in [4.78, 5) is 11.8. The van der Waals surface area contributed by atoms with Gasteiger partial charge in [0.05, 0.1) is 34.9 Å². The lowest BCUT2D eigenvalue weighted by Crippen LogP contribution is -2.54. The van der Waals surface area contributed by atoms with Crippen molar-refractivity contribution < 1.29 is 22.7 Å². The van der Waals surface area contributed by atoms with E-state index in [1.807, 2.05) is 12.1 Å². The molecule has 1 aliphatic heterocycles. The number of halogens is 2. The molecule has 1 saturated heterocycles. The normalized spacial score (nSPS) is 21.8. The Kier molecular flexibility index (Phi) is 9.16. The third-order valence-corrected chi connectivity index (χ3v) is 8.46. The molecule has 3 rings (SSSR count). The summed E-state index contributed by atoms with van der Waals surface area (Å²) < 4.78 is 40.0. The van der Waals surface area contributed by atoms with Gasteiger partial charge in [0.1, 0.15) is 5.82 Å². The molecule has 1 aliphatic rings. The van der Waals surface area contributed by atoms with Crippen molar-refractivity contribution in [3.63, 3.8) is 0 Å². The SMILES string of the molecule is CNCC(=O)Nc1c(F)cc(C[C@@H]2CS(=O)(=O)C[C@H](NCc3cccc(C(C)(C)C)c3)[C@H]2O)cc1Cl. The Morgan fingerprint density at radius 2 is 1.89 bits per heavy atom. The average Bonchev–Trinajstić information content (AvgIpc) is 2.77. The number of rotatable bonds is 8. The molecule has 0 spiro atoms. The van der Waals surface area contributed by atoms with Gasteiger partial charge in [0, 0.05) is 18.5 Å². The molecule has 198 valence electrons. The molecule has 0 saturated carbocycles. The fourth-order valence-corrected chi connectivity index (χ4v) is 6.70. The summed E-state index contributed by atoms with van der Waals surface area (Å²) in [6.45, 7) is 6.78. The molecule has 0 unspecified atom stereocenters. The van der Waals surface area contributed by atoms with E-state index in [9.17, 15) is 22.7 Å². The van der Waals surface area contributed by atoms with Crippen molar-refractivity contribution in [2.45, 2.75) is 51.3 Å². The number of anilines is 1. The maximum Gasteiger partial charge on any atom is 0.238 e. The molecule has 1 amide bonds. The van der Waals surface area contributed by atoms with E-state index in [2.05, 4.69) is 48.9 Å². The zero-order valence-corrected chi connectivity index (χ0v) is 22.6. The molecule has 3 atom stereocenters. The van der Waals surface area contributed by atoms with Crippen molar-refractivity contribution >= 4 is 33.0 Å². The number of hydrogen-bond acceptors (Lipinski definition) is 6. The number of sulfone groups is 1. The summed E-state index contributed by atoms with van der Waals surface area (Å²) in [6.07, 6.45) is -0.824. The van der Waals surface area contributed by atoms with Gasteiger partial charge < -0.3 is 21.1 Å². The molecule has 2 aromatic rings. The highest BCUT2D eigenvalue weighted by molar-refractivity contribution is 7.91. The van der Waals surface area contributed by atoms with Gasteiger partial charge in [0.15, 0.2) is 9.84 Å². The van der Waals surface area contributed by atoms with Crippen LogP contribution in [0.1, 0.15) is 37.5 Å². The third-order valence-electron chi connectivity index (χ3n) is 6.36. The summed E-state index contributed by atoms with van der Waals surface area (Å²) in [7, 11) is -1.84. The topological polar surface area (TPSA) is 108 Å². The fourth-order valence-electron chi connectivity index (χ4n) is 4.46. The third kappa shape index (κ3) is 7.49. The van der Waals surface area contributed by atoms with E-state index in [1.165, 1.54) is 17.7 Å². The quantitative estimate of drug-likeness (QED) is 0.411. The number of nitrogens with one attached hydrogen (secondary N) is 3. The monoisotopic (exact) mass is 539 g/mol. The van der Waals surface area contributed by atoms with E-state index in [0.29, 0.717) is 12.1 Å². The lowest BCUT2D eigenvalue weighted by Gasteiger charge is -2.35. The smallest absolute Gasteiger partial charge is 0.238 e. The molecule has 4 N–H and O–H groups in total. The minimum Gasteiger partial charge on any atom is -0.391 e. The molecule has 1 fully saturated rings. The Morgan fingerprint density at radius 1 is 1.17 bits per heavy atom. The number of benzene rings is 2. The van der Waals surface area contributed by atoms with E-state index in [0.717, 1.165) is 5.56 Å². The van der Waals surface area contributed by atoms with Crippen LogP contribution in [0.15, 0.2) is 36.4 Å². The Labute approximate surface area is 217 Å². The zero-order valence-electron chi connectivity index (χ0n) is 21.1. The Balaban J connectivity index is 1.73. The van der Waals surface area contributed by atoms with E-state index < -0.39 is 39.6 Å². The summed E-state index contributed by atoms with van der Waals surface area (Å²) in [5.41, 5.74) is 2.47. The number of carbonyl (C=O) groups is 1. The predicted octanol–water partition coefficient (Wildman–Crippen LogP) is 3.04. The molecular weight excluding hydrogens is 505 g/mol. The maximum absolute atomic E-state index is 14.7. The molecule has 0 bridgehead atoms. The van der Waals surface area contributed by atoms with Crippen LogP contribution in [0.2, 0.25) is 5.02 Å². The average molecular weight is 540 g/mol. The molecule has 0 radical (unpaired) electrons. The molecule has 36 heavy (non-hydrogen) atoms. The first kappa shape index (κ1) is 28.5. The van der Waals surface area contributed by atoms with E-state index in [-0.39, 0.29) is 40.6 Å². The number of carbonyl (C=O) groups excluding carboxylic acids is 1. The highest BCUT2D eigenvalue weighted by Gasteiger charge is 2.39. The van der Waals surface area contributed by atoms with Gasteiger partial charge >= 0.3 is 0 Å². The molecule has 2 aromatic carbocycles. The van der Waals surface area contributed by atoms with Crippen molar-refractivity contribution in [3.8, 4) is 0 Å². The van der Waals surface area contributed by atoms with Crippen LogP contribution in [0.5, 0.6) is 0 Å². The molecule has 1 heterocycles. The highest BCUT2D eigenvalue weighted by Crippen LogP contribution is 2.30. The van der Waals surface area contributed by atoms with Gasteiger partial charge in [-0.05, 0) is 47.7 Å². The first-order valence-corrected chi connectivity index (χ1v) is 14.1. The second-order valence-electron chi connectivity index (χ2n) is 10.5. The molecule has 0 aromatic heterocycles. The Bertz CT molecular complexity index is 1180. The zero-order chi connectivity index (χ0) is 26.7. The second kappa shape index (κ2) is 11.6. The number of hydrogen-bond donors (Lipinski definition) is 4. The number of likely N-dealkylation sites (N-methyl/N-ethyl adjacent to an activating group) is 1. The maximum atomic E-state index is 14.7. The van der Waals surface area contributed by atoms with E-state index >= 15 is 0 Å². The lowest BCUT2D eigenvalue weighted by atomic mass is 9.86. The van der Waals surface area contributed by atoms with Crippen molar-refractivity contribution in [3.05, 3.63) is 63.9 Å². The van der Waals surface area contributed by atoms with Crippen LogP contribution in [0.25, 0.3) is 0 Å². The van der Waals surface area contributed by atoms with Crippen LogP contribution >= 0.6 is 11.6 Å². The van der Waals surface area contributed by atoms with Crippen molar-refractivity contribution in [1.82, 2.24) is 10.6 Å². The van der Waals surface area contributed by atoms with Crippen LogP contribution in [-0.4, -0.2) is 56.7 Å². The summed E-state index contributed by atoms with van der Waals surface area (Å²) in [5, 5.41) is 19.4. The molecule has 7 nitrogen and oxygen atoms in total. The fraction of sp³-hybridized carbons (Fsp3) is 0.500. The van der Waals surface area contributed by atoms with Gasteiger partial charge in [0.2, 0.25) is 5.91 Å².